The molecule has 0 spiro atoms. The molecule has 0 aliphatic heterocycles. The molecule has 0 aliphatic rings. The fraction of sp³-hybridized carbons (Fsp3) is 0.133. The van der Waals surface area contributed by atoms with Crippen molar-refractivity contribution in [2.24, 2.45) is 16.5 Å². The molecule has 0 fully saturated rings. The molecule has 0 aromatic heterocycles. The Morgan fingerprint density at radius 2 is 1.62 bits per heavy atom. The molecule has 0 saturated carbocycles. The van der Waals surface area contributed by atoms with Crippen LogP contribution in [0.1, 0.15) is 5.56 Å². The Morgan fingerprint density at radius 1 is 1.00 bits per heavy atom. The molecule has 0 atom stereocenters. The van der Waals surface area contributed by atoms with Crippen molar-refractivity contribution in [3.63, 3.8) is 0 Å². The minimum absolute atomic E-state index is 0. The summed E-state index contributed by atoms with van der Waals surface area (Å²) >= 11 is 0. The van der Waals surface area contributed by atoms with Gasteiger partial charge in [0.05, 0.1) is 13.7 Å². The lowest BCUT2D eigenvalue weighted by Crippen LogP contribution is -2.22. The lowest BCUT2D eigenvalue weighted by Gasteiger charge is -2.10. The van der Waals surface area contributed by atoms with Crippen molar-refractivity contribution in [1.29, 1.82) is 0 Å². The highest BCUT2D eigenvalue weighted by Gasteiger charge is 2.04. The van der Waals surface area contributed by atoms with Crippen LogP contribution in [0, 0.1) is 0 Å². The first-order chi connectivity index (χ1) is 9.69. The fourth-order valence-electron chi connectivity index (χ4n) is 1.68. The SMILES string of the molecule is COc1ccccc1Oc1ccc(CN=C(N)N)cc1.I. The summed E-state index contributed by atoms with van der Waals surface area (Å²) in [6, 6.07) is 15.0. The van der Waals surface area contributed by atoms with Crippen molar-refractivity contribution in [2.45, 2.75) is 6.54 Å². The molecule has 21 heavy (non-hydrogen) atoms. The van der Waals surface area contributed by atoms with Gasteiger partial charge >= 0.3 is 0 Å². The summed E-state index contributed by atoms with van der Waals surface area (Å²) in [6.45, 7) is 0.456. The molecule has 112 valence electrons. The van der Waals surface area contributed by atoms with Gasteiger partial charge in [0.25, 0.3) is 0 Å². The molecule has 2 rings (SSSR count). The van der Waals surface area contributed by atoms with E-state index in [9.17, 15) is 0 Å². The number of halogens is 1. The molecule has 6 heteroatoms. The number of ether oxygens (including phenoxy) is 2. The van der Waals surface area contributed by atoms with Crippen molar-refractivity contribution >= 4 is 29.9 Å². The van der Waals surface area contributed by atoms with Crippen LogP contribution < -0.4 is 20.9 Å². The molecule has 0 bridgehead atoms. The molecular formula is C15H18IN3O2. The summed E-state index contributed by atoms with van der Waals surface area (Å²) in [5.74, 6) is 2.17. The van der Waals surface area contributed by atoms with Gasteiger partial charge < -0.3 is 20.9 Å². The van der Waals surface area contributed by atoms with Crippen molar-refractivity contribution in [3.8, 4) is 17.2 Å². The van der Waals surface area contributed by atoms with Gasteiger partial charge in [-0.2, -0.15) is 0 Å². The molecule has 5 nitrogen and oxygen atoms in total. The van der Waals surface area contributed by atoms with Gasteiger partial charge in [0.15, 0.2) is 17.5 Å². The summed E-state index contributed by atoms with van der Waals surface area (Å²) < 4.78 is 11.0. The standard InChI is InChI=1S/C15H17N3O2.HI/c1-19-13-4-2-3-5-14(13)20-12-8-6-11(7-9-12)10-18-15(16)17;/h2-9H,10H2,1H3,(H4,16,17,18);1H. The highest BCUT2D eigenvalue weighted by molar-refractivity contribution is 14.0. The van der Waals surface area contributed by atoms with Gasteiger partial charge in [-0.3, -0.25) is 0 Å². The zero-order valence-corrected chi connectivity index (χ0v) is 14.0. The lowest BCUT2D eigenvalue weighted by atomic mass is 10.2. The summed E-state index contributed by atoms with van der Waals surface area (Å²) in [4.78, 5) is 3.95. The Bertz CT molecular complexity index is 596. The zero-order chi connectivity index (χ0) is 14.4. The smallest absolute Gasteiger partial charge is 0.186 e. The number of hydrogen-bond donors (Lipinski definition) is 2. The number of para-hydroxylation sites is 2. The number of aliphatic imine (C=N–C) groups is 1. The van der Waals surface area contributed by atoms with Crippen molar-refractivity contribution < 1.29 is 9.47 Å². The Labute approximate surface area is 141 Å². The van der Waals surface area contributed by atoms with Gasteiger partial charge in [-0.25, -0.2) is 4.99 Å². The van der Waals surface area contributed by atoms with Crippen LogP contribution in [-0.2, 0) is 6.54 Å². The normalized spacial score (nSPS) is 9.38. The van der Waals surface area contributed by atoms with Gasteiger partial charge in [-0.15, -0.1) is 24.0 Å². The maximum absolute atomic E-state index is 5.77. The summed E-state index contributed by atoms with van der Waals surface area (Å²) in [5, 5.41) is 0. The summed E-state index contributed by atoms with van der Waals surface area (Å²) in [5.41, 5.74) is 11.6. The molecule has 0 saturated heterocycles. The van der Waals surface area contributed by atoms with Crippen molar-refractivity contribution in [2.75, 3.05) is 7.11 Å². The number of hydrogen-bond acceptors (Lipinski definition) is 3. The molecule has 0 aliphatic carbocycles. The molecule has 0 amide bonds. The topological polar surface area (TPSA) is 82.9 Å². The van der Waals surface area contributed by atoms with E-state index in [4.69, 9.17) is 20.9 Å². The van der Waals surface area contributed by atoms with E-state index in [1.807, 2.05) is 48.5 Å². The number of guanidine groups is 1. The van der Waals surface area contributed by atoms with Crippen LogP contribution in [0.2, 0.25) is 0 Å². The van der Waals surface area contributed by atoms with E-state index < -0.39 is 0 Å². The minimum atomic E-state index is 0. The molecule has 2 aromatic rings. The van der Waals surface area contributed by atoms with Gasteiger partial charge in [0.2, 0.25) is 0 Å². The molecule has 4 N–H and O–H groups in total. The number of nitrogens with zero attached hydrogens (tertiary/aromatic N) is 1. The minimum Gasteiger partial charge on any atom is -0.493 e. The highest BCUT2D eigenvalue weighted by atomic mass is 127. The van der Waals surface area contributed by atoms with E-state index in [0.29, 0.717) is 18.0 Å². The Kier molecular flexibility index (Phi) is 6.80. The van der Waals surface area contributed by atoms with Gasteiger partial charge in [0, 0.05) is 0 Å². The highest BCUT2D eigenvalue weighted by Crippen LogP contribution is 2.30. The second-order valence-electron chi connectivity index (χ2n) is 4.14. The van der Waals surface area contributed by atoms with E-state index in [2.05, 4.69) is 4.99 Å². The number of rotatable bonds is 5. The lowest BCUT2D eigenvalue weighted by molar-refractivity contribution is 0.379. The maximum Gasteiger partial charge on any atom is 0.186 e. The van der Waals surface area contributed by atoms with E-state index in [1.54, 1.807) is 7.11 Å². The van der Waals surface area contributed by atoms with E-state index >= 15 is 0 Å². The predicted molar refractivity (Wildman–Crippen MR) is 94.4 cm³/mol. The number of nitrogens with two attached hydrogens (primary N) is 2. The fourth-order valence-corrected chi connectivity index (χ4v) is 1.68. The third-order valence-electron chi connectivity index (χ3n) is 2.66. The first kappa shape index (κ1) is 17.1. The maximum atomic E-state index is 5.77. The van der Waals surface area contributed by atoms with Gasteiger partial charge in [-0.05, 0) is 29.8 Å². The monoisotopic (exact) mass is 399 g/mol. The van der Waals surface area contributed by atoms with Crippen LogP contribution in [0.3, 0.4) is 0 Å². The Morgan fingerprint density at radius 3 is 2.19 bits per heavy atom. The average Bonchev–Trinajstić information content (AvgIpc) is 2.47. The van der Waals surface area contributed by atoms with Crippen LogP contribution in [0.4, 0.5) is 0 Å². The second kappa shape index (κ2) is 8.35. The van der Waals surface area contributed by atoms with Crippen LogP contribution in [0.15, 0.2) is 53.5 Å². The molecular weight excluding hydrogens is 381 g/mol. The van der Waals surface area contributed by atoms with Crippen LogP contribution in [0.5, 0.6) is 17.2 Å². The van der Waals surface area contributed by atoms with Crippen LogP contribution in [-0.4, -0.2) is 13.1 Å². The van der Waals surface area contributed by atoms with E-state index in [-0.39, 0.29) is 29.9 Å². The number of methoxy groups -OCH3 is 1. The van der Waals surface area contributed by atoms with Crippen molar-refractivity contribution in [1.82, 2.24) is 0 Å². The molecule has 0 unspecified atom stereocenters. The average molecular weight is 399 g/mol. The van der Waals surface area contributed by atoms with E-state index in [1.165, 1.54) is 0 Å². The van der Waals surface area contributed by atoms with Gasteiger partial charge in [-0.1, -0.05) is 24.3 Å². The van der Waals surface area contributed by atoms with Crippen LogP contribution in [0.25, 0.3) is 0 Å². The Hall–Kier alpha value is -1.96. The van der Waals surface area contributed by atoms with Gasteiger partial charge in [0.1, 0.15) is 5.75 Å². The quantitative estimate of drug-likeness (QED) is 0.460. The summed E-state index contributed by atoms with van der Waals surface area (Å²) in [6.07, 6.45) is 0. The molecule has 0 heterocycles. The zero-order valence-electron chi connectivity index (χ0n) is 11.7. The molecule has 0 radical (unpaired) electrons. The third kappa shape index (κ3) is 5.14. The summed E-state index contributed by atoms with van der Waals surface area (Å²) in [7, 11) is 1.61. The Balaban J connectivity index is 0.00000220. The number of benzene rings is 2. The first-order valence-corrected chi connectivity index (χ1v) is 6.14. The van der Waals surface area contributed by atoms with Crippen LogP contribution >= 0.6 is 24.0 Å². The second-order valence-corrected chi connectivity index (χ2v) is 4.14. The third-order valence-corrected chi connectivity index (χ3v) is 2.66. The molecule has 2 aromatic carbocycles. The van der Waals surface area contributed by atoms with E-state index in [0.717, 1.165) is 11.3 Å². The first-order valence-electron chi connectivity index (χ1n) is 6.14. The van der Waals surface area contributed by atoms with Crippen molar-refractivity contribution in [3.05, 3.63) is 54.1 Å². The largest absolute Gasteiger partial charge is 0.493 e. The predicted octanol–water partition coefficient (Wildman–Crippen LogP) is 2.88.